The van der Waals surface area contributed by atoms with E-state index >= 15 is 0 Å². The van der Waals surface area contributed by atoms with Gasteiger partial charge < -0.3 is 10.6 Å². The van der Waals surface area contributed by atoms with Gasteiger partial charge in [0.05, 0.1) is 23.5 Å². The molecule has 3 aromatic rings. The Morgan fingerprint density at radius 1 is 1.12 bits per heavy atom. The number of rotatable bonds is 5. The summed E-state index contributed by atoms with van der Waals surface area (Å²) in [6.07, 6.45) is -4.47. The second kappa shape index (κ2) is 8.32. The minimum Gasteiger partial charge on any atom is -0.349 e. The highest BCUT2D eigenvalue weighted by Crippen LogP contribution is 2.32. The van der Waals surface area contributed by atoms with Crippen LogP contribution in [-0.4, -0.2) is 34.2 Å². The molecule has 2 aromatic carbocycles. The fourth-order valence-electron chi connectivity index (χ4n) is 3.98. The number of alkyl halides is 3. The molecular weight excluding hydrogens is 451 g/mol. The van der Waals surface area contributed by atoms with Crippen molar-refractivity contribution in [1.29, 1.82) is 0 Å². The Kier molecular flexibility index (Phi) is 5.64. The molecule has 0 bridgehead atoms. The van der Waals surface area contributed by atoms with Crippen LogP contribution in [0.4, 0.5) is 18.0 Å². The molecule has 1 unspecified atom stereocenters. The van der Waals surface area contributed by atoms with Crippen molar-refractivity contribution in [2.24, 2.45) is 7.05 Å². The Balaban J connectivity index is 1.63. The van der Waals surface area contributed by atoms with E-state index in [1.807, 2.05) is 0 Å². The molecule has 0 aliphatic carbocycles. The van der Waals surface area contributed by atoms with Crippen LogP contribution in [0.5, 0.6) is 0 Å². The zero-order valence-corrected chi connectivity index (χ0v) is 18.2. The average molecular weight is 471 g/mol. The van der Waals surface area contributed by atoms with Gasteiger partial charge >= 0.3 is 12.2 Å². The number of imide groups is 1. The lowest BCUT2D eigenvalue weighted by Gasteiger charge is -2.26. The first-order valence-corrected chi connectivity index (χ1v) is 10.2. The third-order valence-electron chi connectivity index (χ3n) is 5.59. The maximum Gasteiger partial charge on any atom is 0.416 e. The Hall–Kier alpha value is -4.15. The molecule has 2 heterocycles. The molecule has 3 N–H and O–H groups in total. The molecule has 1 aliphatic heterocycles. The summed E-state index contributed by atoms with van der Waals surface area (Å²) in [6, 6.07) is 11.8. The molecule has 0 spiro atoms. The normalized spacial score (nSPS) is 17.9. The molecule has 8 nitrogen and oxygen atoms in total. The predicted octanol–water partition coefficient (Wildman–Crippen LogP) is 2.88. The smallest absolute Gasteiger partial charge is 0.349 e. The van der Waals surface area contributed by atoms with E-state index in [0.717, 1.165) is 12.1 Å². The van der Waals surface area contributed by atoms with Crippen molar-refractivity contribution in [1.82, 2.24) is 25.7 Å². The van der Waals surface area contributed by atoms with Gasteiger partial charge in [-0.3, -0.25) is 19.6 Å². The number of benzene rings is 2. The van der Waals surface area contributed by atoms with Crippen LogP contribution >= 0.6 is 0 Å². The molecule has 0 radical (unpaired) electrons. The highest BCUT2D eigenvalue weighted by atomic mass is 19.4. The summed E-state index contributed by atoms with van der Waals surface area (Å²) >= 11 is 0. The van der Waals surface area contributed by atoms with Gasteiger partial charge in [0.25, 0.3) is 11.8 Å². The van der Waals surface area contributed by atoms with Crippen LogP contribution in [0.3, 0.4) is 0 Å². The van der Waals surface area contributed by atoms with Gasteiger partial charge in [0.2, 0.25) is 0 Å². The lowest BCUT2D eigenvalue weighted by molar-refractivity contribution is -0.137. The summed E-state index contributed by atoms with van der Waals surface area (Å²) in [5, 5.41) is 11.7. The van der Waals surface area contributed by atoms with Crippen LogP contribution in [0.1, 0.15) is 27.3 Å². The standard InChI is InChI=1S/C23H20F3N5O3/c1-13-11-18(31(2)30-13)22(20(33)28-21(34)29-22)12-27-19(32)17-6-4-3-5-16(17)14-7-9-15(10-8-14)23(24,25)26/h3-11H,12H2,1-2H3,(H,27,32)(H2,28,29,33,34). The van der Waals surface area contributed by atoms with Crippen molar-refractivity contribution in [2.75, 3.05) is 6.54 Å². The second-order valence-electron chi connectivity index (χ2n) is 7.91. The number of hydrogen-bond donors (Lipinski definition) is 3. The number of carbonyl (C=O) groups excluding carboxylic acids is 3. The quantitative estimate of drug-likeness (QED) is 0.498. The van der Waals surface area contributed by atoms with E-state index in [-0.39, 0.29) is 12.1 Å². The zero-order valence-electron chi connectivity index (χ0n) is 18.2. The van der Waals surface area contributed by atoms with Gasteiger partial charge in [-0.2, -0.15) is 18.3 Å². The predicted molar refractivity (Wildman–Crippen MR) is 116 cm³/mol. The molecule has 1 aliphatic rings. The molecule has 34 heavy (non-hydrogen) atoms. The summed E-state index contributed by atoms with van der Waals surface area (Å²) in [7, 11) is 1.61. The molecule has 1 saturated heterocycles. The molecule has 1 atom stereocenters. The number of amides is 4. The largest absolute Gasteiger partial charge is 0.416 e. The van der Waals surface area contributed by atoms with Gasteiger partial charge in [-0.05, 0) is 42.3 Å². The Bertz CT molecular complexity index is 1280. The first-order chi connectivity index (χ1) is 16.0. The molecule has 1 fully saturated rings. The monoisotopic (exact) mass is 471 g/mol. The van der Waals surface area contributed by atoms with Crippen molar-refractivity contribution in [3.05, 3.63) is 77.1 Å². The summed E-state index contributed by atoms with van der Waals surface area (Å²) in [5.41, 5.74) is -0.347. The zero-order chi connectivity index (χ0) is 24.7. The minimum absolute atomic E-state index is 0.198. The van der Waals surface area contributed by atoms with Crippen LogP contribution in [0.2, 0.25) is 0 Å². The average Bonchev–Trinajstić information content (AvgIpc) is 3.28. The fraction of sp³-hybridized carbons (Fsp3) is 0.217. The molecule has 176 valence electrons. The summed E-state index contributed by atoms with van der Waals surface area (Å²) < 4.78 is 40.2. The number of carbonyl (C=O) groups is 3. The first-order valence-electron chi connectivity index (χ1n) is 10.2. The molecule has 4 rings (SSSR count). The topological polar surface area (TPSA) is 105 Å². The van der Waals surface area contributed by atoms with Crippen LogP contribution < -0.4 is 16.0 Å². The van der Waals surface area contributed by atoms with E-state index in [9.17, 15) is 27.6 Å². The lowest BCUT2D eigenvalue weighted by Crippen LogP contribution is -2.53. The first kappa shape index (κ1) is 23.0. The van der Waals surface area contributed by atoms with Crippen molar-refractivity contribution in [2.45, 2.75) is 18.6 Å². The van der Waals surface area contributed by atoms with E-state index in [1.54, 1.807) is 38.2 Å². The van der Waals surface area contributed by atoms with Crippen LogP contribution in [0, 0.1) is 6.92 Å². The van der Waals surface area contributed by atoms with Crippen molar-refractivity contribution in [3.8, 4) is 11.1 Å². The number of nitrogens with one attached hydrogen (secondary N) is 3. The van der Waals surface area contributed by atoms with Crippen molar-refractivity contribution < 1.29 is 27.6 Å². The fourth-order valence-corrected chi connectivity index (χ4v) is 3.98. The van der Waals surface area contributed by atoms with Gasteiger partial charge in [0, 0.05) is 12.6 Å². The van der Waals surface area contributed by atoms with E-state index in [2.05, 4.69) is 21.0 Å². The third-order valence-corrected chi connectivity index (χ3v) is 5.59. The van der Waals surface area contributed by atoms with Crippen LogP contribution in [-0.2, 0) is 23.6 Å². The number of halogens is 3. The number of nitrogens with zero attached hydrogens (tertiary/aromatic N) is 2. The summed E-state index contributed by atoms with van der Waals surface area (Å²) in [5.74, 6) is -1.21. The van der Waals surface area contributed by atoms with Gasteiger partial charge in [-0.1, -0.05) is 30.3 Å². The van der Waals surface area contributed by atoms with Gasteiger partial charge in [0.15, 0.2) is 5.54 Å². The maximum absolute atomic E-state index is 13.1. The third kappa shape index (κ3) is 4.12. The Labute approximate surface area is 192 Å². The van der Waals surface area contributed by atoms with E-state index in [1.165, 1.54) is 22.9 Å². The molecule has 1 aromatic heterocycles. The van der Waals surface area contributed by atoms with Crippen LogP contribution in [0.25, 0.3) is 11.1 Å². The SMILES string of the molecule is Cc1cc(C2(CNC(=O)c3ccccc3-c3ccc(C(F)(F)F)cc3)NC(=O)NC2=O)n(C)n1. The molecule has 0 saturated carbocycles. The van der Waals surface area contributed by atoms with Gasteiger partial charge in [-0.25, -0.2) is 4.79 Å². The van der Waals surface area contributed by atoms with Crippen LogP contribution in [0.15, 0.2) is 54.6 Å². The number of urea groups is 1. The van der Waals surface area contributed by atoms with Gasteiger partial charge in [-0.15, -0.1) is 0 Å². The number of aryl methyl sites for hydroxylation is 2. The maximum atomic E-state index is 13.1. The van der Waals surface area contributed by atoms with Gasteiger partial charge in [0.1, 0.15) is 0 Å². The Morgan fingerprint density at radius 3 is 2.35 bits per heavy atom. The van der Waals surface area contributed by atoms with Crippen molar-refractivity contribution >= 4 is 17.8 Å². The van der Waals surface area contributed by atoms with E-state index < -0.39 is 35.1 Å². The number of aromatic nitrogens is 2. The Morgan fingerprint density at radius 2 is 1.79 bits per heavy atom. The highest BCUT2D eigenvalue weighted by Gasteiger charge is 2.50. The summed E-state index contributed by atoms with van der Waals surface area (Å²) in [6.45, 7) is 1.45. The molecule has 4 amide bonds. The second-order valence-corrected chi connectivity index (χ2v) is 7.91. The van der Waals surface area contributed by atoms with E-state index in [4.69, 9.17) is 0 Å². The lowest BCUT2D eigenvalue weighted by atomic mass is 9.94. The number of hydrogen-bond acceptors (Lipinski definition) is 4. The minimum atomic E-state index is -4.47. The summed E-state index contributed by atoms with van der Waals surface area (Å²) in [4.78, 5) is 37.8. The molecule has 11 heteroatoms. The van der Waals surface area contributed by atoms with E-state index in [0.29, 0.717) is 22.5 Å². The molecular formula is C23H20F3N5O3. The highest BCUT2D eigenvalue weighted by molar-refractivity contribution is 6.08. The van der Waals surface area contributed by atoms with Crippen molar-refractivity contribution in [3.63, 3.8) is 0 Å².